The van der Waals surface area contributed by atoms with Gasteiger partial charge >= 0.3 is 0 Å². The first kappa shape index (κ1) is 15.1. The molecular weight excluding hydrogens is 264 g/mol. The minimum absolute atomic E-state index is 0.108. The van der Waals surface area contributed by atoms with E-state index >= 15 is 0 Å². The molecule has 112 valence electrons. The fourth-order valence-corrected chi connectivity index (χ4v) is 2.28. The third kappa shape index (κ3) is 3.07. The summed E-state index contributed by atoms with van der Waals surface area (Å²) in [5, 5.41) is 7.42. The Morgan fingerprint density at radius 3 is 2.62 bits per heavy atom. The van der Waals surface area contributed by atoms with Gasteiger partial charge in [0.25, 0.3) is 5.91 Å². The molecule has 0 aliphatic rings. The van der Waals surface area contributed by atoms with E-state index in [2.05, 4.69) is 30.3 Å². The monoisotopic (exact) mass is 286 g/mol. The summed E-state index contributed by atoms with van der Waals surface area (Å²) in [7, 11) is 0. The zero-order valence-electron chi connectivity index (χ0n) is 12.8. The number of aryl methyl sites for hydroxylation is 2. The molecule has 5 nitrogen and oxygen atoms in total. The number of nitrogens with one attached hydrogen (secondary N) is 1. The molecule has 2 rings (SSSR count). The zero-order valence-corrected chi connectivity index (χ0v) is 12.8. The number of hydrogen-bond donors (Lipinski definition) is 2. The van der Waals surface area contributed by atoms with Crippen LogP contribution in [0.5, 0.6) is 0 Å². The van der Waals surface area contributed by atoms with Gasteiger partial charge in [0.05, 0.1) is 16.9 Å². The van der Waals surface area contributed by atoms with Crippen LogP contribution in [0.15, 0.2) is 24.3 Å². The van der Waals surface area contributed by atoms with E-state index in [0.717, 1.165) is 29.9 Å². The third-order valence-corrected chi connectivity index (χ3v) is 3.39. The molecule has 2 aromatic rings. The molecule has 21 heavy (non-hydrogen) atoms. The van der Waals surface area contributed by atoms with Gasteiger partial charge in [0.1, 0.15) is 0 Å². The van der Waals surface area contributed by atoms with Crippen LogP contribution >= 0.6 is 0 Å². The number of nitrogens with two attached hydrogens (primary N) is 1. The van der Waals surface area contributed by atoms with E-state index in [-0.39, 0.29) is 5.91 Å². The molecule has 0 atom stereocenters. The number of carbonyl (C=O) groups is 1. The summed E-state index contributed by atoms with van der Waals surface area (Å²) in [4.78, 5) is 12.2. The third-order valence-electron chi connectivity index (χ3n) is 3.39. The van der Waals surface area contributed by atoms with Gasteiger partial charge in [0.2, 0.25) is 0 Å². The van der Waals surface area contributed by atoms with Crippen molar-refractivity contribution >= 4 is 11.6 Å². The van der Waals surface area contributed by atoms with Crippen LogP contribution in [0, 0.1) is 0 Å². The topological polar surface area (TPSA) is 72.9 Å². The highest BCUT2D eigenvalue weighted by Gasteiger charge is 2.16. The van der Waals surface area contributed by atoms with Gasteiger partial charge < -0.3 is 11.1 Å². The van der Waals surface area contributed by atoms with Gasteiger partial charge in [-0.25, -0.2) is 4.68 Å². The number of amides is 1. The average Bonchev–Trinajstić information content (AvgIpc) is 2.90. The first-order valence-corrected chi connectivity index (χ1v) is 7.36. The summed E-state index contributed by atoms with van der Waals surface area (Å²) in [5.74, 6) is -0.108. The lowest BCUT2D eigenvalue weighted by atomic mass is 10.1. The number of benzene rings is 1. The van der Waals surface area contributed by atoms with Crippen LogP contribution in [0.4, 0.5) is 5.69 Å². The summed E-state index contributed by atoms with van der Waals surface area (Å²) in [6.07, 6.45) is 1.70. The fraction of sp³-hybridized carbons (Fsp3) is 0.375. The van der Waals surface area contributed by atoms with Crippen LogP contribution in [0.25, 0.3) is 5.69 Å². The maximum atomic E-state index is 12.2. The predicted molar refractivity (Wildman–Crippen MR) is 84.7 cm³/mol. The van der Waals surface area contributed by atoms with Crippen LogP contribution in [0.2, 0.25) is 0 Å². The Morgan fingerprint density at radius 2 is 2.00 bits per heavy atom. The molecule has 0 aliphatic heterocycles. The standard InChI is InChI=1S/C16H22N4O/c1-4-12-10-13(5-2)20(19-12)15-9-11(17)7-8-14(15)16(21)18-6-3/h7-10H,4-6,17H2,1-3H3,(H,18,21). The maximum absolute atomic E-state index is 12.2. The highest BCUT2D eigenvalue weighted by atomic mass is 16.1. The average molecular weight is 286 g/mol. The molecule has 1 aromatic carbocycles. The smallest absolute Gasteiger partial charge is 0.253 e. The highest BCUT2D eigenvalue weighted by Crippen LogP contribution is 2.21. The van der Waals surface area contributed by atoms with Crippen LogP contribution in [-0.2, 0) is 12.8 Å². The van der Waals surface area contributed by atoms with Gasteiger partial charge in [-0.2, -0.15) is 5.10 Å². The molecular formula is C16H22N4O. The minimum atomic E-state index is -0.108. The summed E-state index contributed by atoms with van der Waals surface area (Å²) in [5.41, 5.74) is 9.92. The molecule has 0 radical (unpaired) electrons. The Bertz CT molecular complexity index is 646. The molecule has 0 fully saturated rings. The Balaban J connectivity index is 2.59. The Hall–Kier alpha value is -2.30. The number of aromatic nitrogens is 2. The van der Waals surface area contributed by atoms with E-state index in [1.165, 1.54) is 0 Å². The van der Waals surface area contributed by atoms with E-state index < -0.39 is 0 Å². The van der Waals surface area contributed by atoms with Crippen LogP contribution < -0.4 is 11.1 Å². The second-order valence-corrected chi connectivity index (χ2v) is 4.88. The van der Waals surface area contributed by atoms with Crippen molar-refractivity contribution in [2.75, 3.05) is 12.3 Å². The van der Waals surface area contributed by atoms with E-state index in [0.29, 0.717) is 17.8 Å². The van der Waals surface area contributed by atoms with Gasteiger partial charge in [0, 0.05) is 17.9 Å². The van der Waals surface area contributed by atoms with E-state index in [1.54, 1.807) is 18.2 Å². The second kappa shape index (κ2) is 6.43. The fourth-order valence-electron chi connectivity index (χ4n) is 2.28. The summed E-state index contributed by atoms with van der Waals surface area (Å²) < 4.78 is 1.83. The summed E-state index contributed by atoms with van der Waals surface area (Å²) in [6, 6.07) is 7.37. The number of nitrogens with zero attached hydrogens (tertiary/aromatic N) is 2. The Morgan fingerprint density at radius 1 is 1.24 bits per heavy atom. The van der Waals surface area contributed by atoms with Gasteiger partial charge in [0.15, 0.2) is 0 Å². The highest BCUT2D eigenvalue weighted by molar-refractivity contribution is 5.98. The van der Waals surface area contributed by atoms with Crippen molar-refractivity contribution in [3.05, 3.63) is 41.2 Å². The molecule has 1 heterocycles. The Labute approximate surface area is 125 Å². The number of carbonyl (C=O) groups excluding carboxylic acids is 1. The lowest BCUT2D eigenvalue weighted by Crippen LogP contribution is -2.24. The molecule has 0 unspecified atom stereocenters. The van der Waals surface area contributed by atoms with E-state index in [1.807, 2.05) is 11.6 Å². The lowest BCUT2D eigenvalue weighted by molar-refractivity contribution is 0.0955. The van der Waals surface area contributed by atoms with Gasteiger partial charge in [-0.15, -0.1) is 0 Å². The van der Waals surface area contributed by atoms with Crippen molar-refractivity contribution in [3.63, 3.8) is 0 Å². The van der Waals surface area contributed by atoms with Crippen molar-refractivity contribution in [2.24, 2.45) is 0 Å². The van der Waals surface area contributed by atoms with Crippen molar-refractivity contribution in [2.45, 2.75) is 33.6 Å². The lowest BCUT2D eigenvalue weighted by Gasteiger charge is -2.12. The Kier molecular flexibility index (Phi) is 4.62. The normalized spacial score (nSPS) is 10.6. The SMILES string of the molecule is CCNC(=O)c1ccc(N)cc1-n1nc(CC)cc1CC. The van der Waals surface area contributed by atoms with Gasteiger partial charge in [-0.3, -0.25) is 4.79 Å². The number of nitrogen functional groups attached to an aromatic ring is 1. The van der Waals surface area contributed by atoms with E-state index in [4.69, 9.17) is 5.73 Å². The first-order valence-electron chi connectivity index (χ1n) is 7.36. The quantitative estimate of drug-likeness (QED) is 0.829. The van der Waals surface area contributed by atoms with Crippen molar-refractivity contribution in [1.29, 1.82) is 0 Å². The van der Waals surface area contributed by atoms with Crippen molar-refractivity contribution in [1.82, 2.24) is 15.1 Å². The molecule has 0 bridgehead atoms. The van der Waals surface area contributed by atoms with Crippen molar-refractivity contribution in [3.8, 4) is 5.69 Å². The van der Waals surface area contributed by atoms with Gasteiger partial charge in [-0.05, 0) is 44.0 Å². The summed E-state index contributed by atoms with van der Waals surface area (Å²) >= 11 is 0. The second-order valence-electron chi connectivity index (χ2n) is 4.88. The molecule has 5 heteroatoms. The van der Waals surface area contributed by atoms with Gasteiger partial charge in [-0.1, -0.05) is 13.8 Å². The molecule has 3 N–H and O–H groups in total. The predicted octanol–water partition coefficient (Wildman–Crippen LogP) is 2.33. The zero-order chi connectivity index (χ0) is 15.4. The number of rotatable bonds is 5. The molecule has 0 aliphatic carbocycles. The number of hydrogen-bond acceptors (Lipinski definition) is 3. The minimum Gasteiger partial charge on any atom is -0.399 e. The maximum Gasteiger partial charge on any atom is 0.253 e. The molecule has 1 aromatic heterocycles. The first-order chi connectivity index (χ1) is 10.1. The van der Waals surface area contributed by atoms with Crippen molar-refractivity contribution < 1.29 is 4.79 Å². The van der Waals surface area contributed by atoms with Crippen LogP contribution in [0.3, 0.4) is 0 Å². The summed E-state index contributed by atoms with van der Waals surface area (Å²) in [6.45, 7) is 6.62. The molecule has 1 amide bonds. The molecule has 0 spiro atoms. The molecule has 0 saturated heterocycles. The van der Waals surface area contributed by atoms with Crippen LogP contribution in [-0.4, -0.2) is 22.2 Å². The largest absolute Gasteiger partial charge is 0.399 e. The number of anilines is 1. The molecule has 0 saturated carbocycles. The van der Waals surface area contributed by atoms with Crippen LogP contribution in [0.1, 0.15) is 42.5 Å². The van der Waals surface area contributed by atoms with E-state index in [9.17, 15) is 4.79 Å².